The molecule has 0 atom stereocenters. The minimum Gasteiger partial charge on any atom is -0.319 e. The molecule has 0 aliphatic rings. The zero-order valence-electron chi connectivity index (χ0n) is 11.9. The number of carbonyl (C=O) groups is 1. The molecule has 22 heavy (non-hydrogen) atoms. The number of carbonyl (C=O) groups excluding carboxylic acids is 1. The SMILES string of the molecule is CCn1cc(NC(=O)c2sccc2-c2ccc(F)cc2)cn1. The summed E-state index contributed by atoms with van der Waals surface area (Å²) in [5, 5.41) is 8.81. The van der Waals surface area contributed by atoms with Crippen LogP contribution in [0.4, 0.5) is 10.1 Å². The number of benzene rings is 1. The maximum atomic E-state index is 13.0. The molecule has 0 aliphatic carbocycles. The number of rotatable bonds is 4. The highest BCUT2D eigenvalue weighted by Gasteiger charge is 2.15. The molecule has 2 heterocycles. The predicted molar refractivity (Wildman–Crippen MR) is 85.6 cm³/mol. The summed E-state index contributed by atoms with van der Waals surface area (Å²) in [6, 6.07) is 7.98. The highest BCUT2D eigenvalue weighted by Crippen LogP contribution is 2.29. The van der Waals surface area contributed by atoms with Gasteiger partial charge in [-0.15, -0.1) is 11.3 Å². The quantitative estimate of drug-likeness (QED) is 0.790. The molecule has 1 aromatic carbocycles. The lowest BCUT2D eigenvalue weighted by Gasteiger charge is -2.04. The first-order valence-electron chi connectivity index (χ1n) is 6.84. The van der Waals surface area contributed by atoms with E-state index in [1.54, 1.807) is 29.2 Å². The van der Waals surface area contributed by atoms with Crippen LogP contribution < -0.4 is 5.32 Å². The molecule has 4 nitrogen and oxygen atoms in total. The van der Waals surface area contributed by atoms with Gasteiger partial charge in [-0.2, -0.15) is 5.10 Å². The molecule has 0 aliphatic heterocycles. The topological polar surface area (TPSA) is 46.9 Å². The highest BCUT2D eigenvalue weighted by molar-refractivity contribution is 7.12. The molecular formula is C16H14FN3OS. The number of thiophene rings is 1. The molecule has 112 valence electrons. The second-order valence-corrected chi connectivity index (χ2v) is 5.63. The number of nitrogens with zero attached hydrogens (tertiary/aromatic N) is 2. The maximum Gasteiger partial charge on any atom is 0.266 e. The summed E-state index contributed by atoms with van der Waals surface area (Å²) in [5.74, 6) is -0.484. The predicted octanol–water partition coefficient (Wildman–Crippen LogP) is 4.02. The minimum absolute atomic E-state index is 0.190. The third-order valence-corrected chi connectivity index (χ3v) is 4.15. The van der Waals surface area contributed by atoms with Crippen LogP contribution in [0.15, 0.2) is 48.1 Å². The summed E-state index contributed by atoms with van der Waals surface area (Å²) in [6.45, 7) is 2.72. The van der Waals surface area contributed by atoms with Gasteiger partial charge in [0.25, 0.3) is 5.91 Å². The number of amides is 1. The lowest BCUT2D eigenvalue weighted by Crippen LogP contribution is -2.10. The molecule has 3 aromatic rings. The van der Waals surface area contributed by atoms with Gasteiger partial charge in [-0.3, -0.25) is 9.48 Å². The van der Waals surface area contributed by atoms with Crippen molar-refractivity contribution >= 4 is 22.9 Å². The van der Waals surface area contributed by atoms with Gasteiger partial charge in [-0.05, 0) is 36.1 Å². The molecule has 0 saturated heterocycles. The first-order valence-corrected chi connectivity index (χ1v) is 7.72. The van der Waals surface area contributed by atoms with E-state index in [1.165, 1.54) is 23.5 Å². The maximum absolute atomic E-state index is 13.0. The fourth-order valence-corrected chi connectivity index (χ4v) is 2.94. The van der Waals surface area contributed by atoms with E-state index < -0.39 is 0 Å². The van der Waals surface area contributed by atoms with Crippen LogP contribution in [0.25, 0.3) is 11.1 Å². The molecule has 0 fully saturated rings. The van der Waals surface area contributed by atoms with Crippen LogP contribution in [0, 0.1) is 5.82 Å². The third kappa shape index (κ3) is 2.92. The number of anilines is 1. The Hall–Kier alpha value is -2.47. The second-order valence-electron chi connectivity index (χ2n) is 4.71. The summed E-state index contributed by atoms with van der Waals surface area (Å²) in [5.41, 5.74) is 2.27. The lowest BCUT2D eigenvalue weighted by atomic mass is 10.1. The normalized spacial score (nSPS) is 10.6. The molecule has 0 unspecified atom stereocenters. The number of hydrogen-bond acceptors (Lipinski definition) is 3. The number of halogens is 1. The van der Waals surface area contributed by atoms with Crippen LogP contribution in [-0.2, 0) is 6.54 Å². The standard InChI is InChI=1S/C16H14FN3OS/c1-2-20-10-13(9-18-20)19-16(21)15-14(7-8-22-15)11-3-5-12(17)6-4-11/h3-10H,2H2,1H3,(H,19,21). The molecule has 0 bridgehead atoms. The van der Waals surface area contributed by atoms with E-state index in [9.17, 15) is 9.18 Å². The zero-order valence-corrected chi connectivity index (χ0v) is 12.7. The van der Waals surface area contributed by atoms with Gasteiger partial charge in [0.05, 0.1) is 16.8 Å². The van der Waals surface area contributed by atoms with Crippen molar-refractivity contribution in [1.29, 1.82) is 0 Å². The van der Waals surface area contributed by atoms with E-state index in [1.807, 2.05) is 18.4 Å². The van der Waals surface area contributed by atoms with Gasteiger partial charge in [-0.25, -0.2) is 4.39 Å². The van der Waals surface area contributed by atoms with Crippen LogP contribution in [0.1, 0.15) is 16.6 Å². The Morgan fingerprint density at radius 1 is 1.32 bits per heavy atom. The van der Waals surface area contributed by atoms with Crippen LogP contribution in [-0.4, -0.2) is 15.7 Å². The summed E-state index contributed by atoms with van der Waals surface area (Å²) in [4.78, 5) is 13.0. The molecule has 3 rings (SSSR count). The number of aryl methyl sites for hydroxylation is 1. The van der Waals surface area contributed by atoms with Gasteiger partial charge < -0.3 is 5.32 Å². The van der Waals surface area contributed by atoms with Gasteiger partial charge in [-0.1, -0.05) is 12.1 Å². The first-order chi connectivity index (χ1) is 10.7. The van der Waals surface area contributed by atoms with Crippen molar-refractivity contribution in [2.45, 2.75) is 13.5 Å². The molecule has 1 amide bonds. The molecular weight excluding hydrogens is 301 g/mol. The molecule has 0 radical (unpaired) electrons. The highest BCUT2D eigenvalue weighted by atomic mass is 32.1. The fraction of sp³-hybridized carbons (Fsp3) is 0.125. The van der Waals surface area contributed by atoms with Crippen molar-refractivity contribution < 1.29 is 9.18 Å². The van der Waals surface area contributed by atoms with Crippen LogP contribution in [0.5, 0.6) is 0 Å². The van der Waals surface area contributed by atoms with Crippen molar-refractivity contribution in [1.82, 2.24) is 9.78 Å². The molecule has 0 saturated carbocycles. The average molecular weight is 315 g/mol. The van der Waals surface area contributed by atoms with Crippen LogP contribution >= 0.6 is 11.3 Å². The van der Waals surface area contributed by atoms with Crippen LogP contribution in [0.3, 0.4) is 0 Å². The molecule has 1 N–H and O–H groups in total. The first kappa shape index (κ1) is 14.5. The molecule has 0 spiro atoms. The molecule has 2 aromatic heterocycles. The fourth-order valence-electron chi connectivity index (χ4n) is 2.13. The molecule has 6 heteroatoms. The Balaban J connectivity index is 1.84. The van der Waals surface area contributed by atoms with E-state index in [0.717, 1.165) is 17.7 Å². The van der Waals surface area contributed by atoms with Crippen molar-refractivity contribution in [3.8, 4) is 11.1 Å². The summed E-state index contributed by atoms with van der Waals surface area (Å²) < 4.78 is 14.8. The minimum atomic E-state index is -0.294. The lowest BCUT2D eigenvalue weighted by molar-refractivity contribution is 0.103. The van der Waals surface area contributed by atoms with Crippen LogP contribution in [0.2, 0.25) is 0 Å². The summed E-state index contributed by atoms with van der Waals surface area (Å²) in [6.07, 6.45) is 3.40. The van der Waals surface area contributed by atoms with Crippen molar-refractivity contribution in [3.05, 3.63) is 58.8 Å². The Morgan fingerprint density at radius 3 is 2.77 bits per heavy atom. The van der Waals surface area contributed by atoms with Gasteiger partial charge in [0.2, 0.25) is 0 Å². The summed E-state index contributed by atoms with van der Waals surface area (Å²) in [7, 11) is 0. The number of aromatic nitrogens is 2. The van der Waals surface area contributed by atoms with Gasteiger partial charge in [0.1, 0.15) is 5.82 Å². The number of nitrogens with one attached hydrogen (secondary N) is 1. The monoisotopic (exact) mass is 315 g/mol. The van der Waals surface area contributed by atoms with E-state index in [-0.39, 0.29) is 11.7 Å². The van der Waals surface area contributed by atoms with E-state index in [0.29, 0.717) is 10.6 Å². The van der Waals surface area contributed by atoms with Crippen molar-refractivity contribution in [3.63, 3.8) is 0 Å². The zero-order chi connectivity index (χ0) is 15.5. The van der Waals surface area contributed by atoms with Gasteiger partial charge in [0.15, 0.2) is 0 Å². The van der Waals surface area contributed by atoms with E-state index >= 15 is 0 Å². The van der Waals surface area contributed by atoms with E-state index in [2.05, 4.69) is 10.4 Å². The Morgan fingerprint density at radius 2 is 2.09 bits per heavy atom. The van der Waals surface area contributed by atoms with Crippen molar-refractivity contribution in [2.24, 2.45) is 0 Å². The average Bonchev–Trinajstić information content (AvgIpc) is 3.16. The second kappa shape index (κ2) is 6.11. The van der Waals surface area contributed by atoms with E-state index in [4.69, 9.17) is 0 Å². The smallest absolute Gasteiger partial charge is 0.266 e. The Kier molecular flexibility index (Phi) is 4.02. The van der Waals surface area contributed by atoms with Gasteiger partial charge in [0, 0.05) is 18.3 Å². The largest absolute Gasteiger partial charge is 0.319 e. The third-order valence-electron chi connectivity index (χ3n) is 3.24. The van der Waals surface area contributed by atoms with Gasteiger partial charge >= 0.3 is 0 Å². The number of hydrogen-bond donors (Lipinski definition) is 1. The summed E-state index contributed by atoms with van der Waals surface area (Å²) >= 11 is 1.36. The Bertz CT molecular complexity index is 792. The van der Waals surface area contributed by atoms with Crippen molar-refractivity contribution in [2.75, 3.05) is 5.32 Å². The Labute approximate surface area is 131 Å².